The van der Waals surface area contributed by atoms with E-state index in [1.807, 2.05) is 19.1 Å². The third kappa shape index (κ3) is 2.79. The molecule has 0 atom stereocenters. The van der Waals surface area contributed by atoms with E-state index in [4.69, 9.17) is 10.5 Å². The lowest BCUT2D eigenvalue weighted by atomic mass is 10.1. The number of anilines is 1. The number of carbonyl (C=O) groups is 1. The van der Waals surface area contributed by atoms with Crippen LogP contribution < -0.4 is 10.5 Å². The van der Waals surface area contributed by atoms with E-state index in [1.165, 1.54) is 16.2 Å². The maximum Gasteiger partial charge on any atom is 0.208 e. The molecule has 100 valence electrons. The van der Waals surface area contributed by atoms with Crippen LogP contribution in [0.4, 0.5) is 5.69 Å². The second-order valence-corrected chi connectivity index (χ2v) is 5.27. The maximum atomic E-state index is 12.5. The van der Waals surface area contributed by atoms with E-state index in [0.29, 0.717) is 28.5 Å². The molecule has 0 unspecified atom stereocenters. The Hall–Kier alpha value is -1.81. The van der Waals surface area contributed by atoms with Crippen molar-refractivity contribution in [3.8, 4) is 5.75 Å². The average Bonchev–Trinajstić information content (AvgIpc) is 2.87. The molecule has 4 heteroatoms. The Bertz CT molecular complexity index is 590. The minimum absolute atomic E-state index is 0.0637. The number of hydrogen-bond donors (Lipinski definition) is 1. The van der Waals surface area contributed by atoms with Gasteiger partial charge in [0.2, 0.25) is 5.78 Å². The van der Waals surface area contributed by atoms with E-state index in [0.717, 1.165) is 6.42 Å². The molecule has 0 saturated carbocycles. The van der Waals surface area contributed by atoms with Crippen LogP contribution in [0.3, 0.4) is 0 Å². The molecule has 2 rings (SSSR count). The monoisotopic (exact) mass is 275 g/mol. The van der Waals surface area contributed by atoms with Gasteiger partial charge in [-0.15, -0.1) is 11.3 Å². The van der Waals surface area contributed by atoms with Gasteiger partial charge in [0.1, 0.15) is 5.75 Å². The number of hydrogen-bond acceptors (Lipinski definition) is 4. The summed E-state index contributed by atoms with van der Waals surface area (Å²) in [6.07, 6.45) is 0.931. The van der Waals surface area contributed by atoms with Gasteiger partial charge in [-0.2, -0.15) is 0 Å². The number of aryl methyl sites for hydroxylation is 1. The van der Waals surface area contributed by atoms with Crippen LogP contribution in [0.15, 0.2) is 30.3 Å². The summed E-state index contributed by atoms with van der Waals surface area (Å²) in [4.78, 5) is 14.4. The molecule has 0 aliphatic carbocycles. The lowest BCUT2D eigenvalue weighted by Crippen LogP contribution is -2.07. The topological polar surface area (TPSA) is 52.3 Å². The quantitative estimate of drug-likeness (QED) is 0.671. The van der Waals surface area contributed by atoms with Crippen molar-refractivity contribution in [3.63, 3.8) is 0 Å². The minimum atomic E-state index is -0.0637. The lowest BCUT2D eigenvalue weighted by Gasteiger charge is -2.10. The van der Waals surface area contributed by atoms with E-state index >= 15 is 0 Å². The van der Waals surface area contributed by atoms with Crippen molar-refractivity contribution in [2.45, 2.75) is 20.3 Å². The molecule has 0 spiro atoms. The van der Waals surface area contributed by atoms with Crippen LogP contribution in [0.25, 0.3) is 0 Å². The van der Waals surface area contributed by atoms with Crippen molar-refractivity contribution in [2.24, 2.45) is 0 Å². The second-order valence-electron chi connectivity index (χ2n) is 4.10. The SMILES string of the molecule is CCOc1cccc(N)c1C(=O)c1ccc(CC)s1. The smallest absolute Gasteiger partial charge is 0.208 e. The molecule has 0 fully saturated rings. The van der Waals surface area contributed by atoms with Crippen molar-refractivity contribution < 1.29 is 9.53 Å². The predicted octanol–water partition coefficient (Wildman–Crippen LogP) is 3.52. The van der Waals surface area contributed by atoms with Gasteiger partial charge in [-0.05, 0) is 37.6 Å². The summed E-state index contributed by atoms with van der Waals surface area (Å²) in [5, 5.41) is 0. The molecule has 1 aromatic carbocycles. The fourth-order valence-corrected chi connectivity index (χ4v) is 2.77. The zero-order chi connectivity index (χ0) is 13.8. The summed E-state index contributed by atoms with van der Waals surface area (Å²) in [6.45, 7) is 4.47. The molecule has 0 bridgehead atoms. The van der Waals surface area contributed by atoms with Crippen LogP contribution in [-0.2, 0) is 6.42 Å². The van der Waals surface area contributed by atoms with Gasteiger partial charge in [0.15, 0.2) is 0 Å². The molecule has 19 heavy (non-hydrogen) atoms. The maximum absolute atomic E-state index is 12.5. The molecule has 0 saturated heterocycles. The summed E-state index contributed by atoms with van der Waals surface area (Å²) >= 11 is 1.51. The van der Waals surface area contributed by atoms with E-state index in [-0.39, 0.29) is 5.78 Å². The van der Waals surface area contributed by atoms with E-state index in [2.05, 4.69) is 6.92 Å². The summed E-state index contributed by atoms with van der Waals surface area (Å²) < 4.78 is 5.50. The first kappa shape index (κ1) is 13.6. The normalized spacial score (nSPS) is 10.4. The molecular formula is C15H17NO2S. The lowest BCUT2D eigenvalue weighted by molar-refractivity contribution is 0.104. The van der Waals surface area contributed by atoms with Gasteiger partial charge in [0.25, 0.3) is 0 Å². The summed E-state index contributed by atoms with van der Waals surface area (Å²) in [5.41, 5.74) is 6.86. The fraction of sp³-hybridized carbons (Fsp3) is 0.267. The van der Waals surface area contributed by atoms with Crippen molar-refractivity contribution >= 4 is 22.8 Å². The largest absolute Gasteiger partial charge is 0.493 e. The molecule has 1 aromatic heterocycles. The minimum Gasteiger partial charge on any atom is -0.493 e. The zero-order valence-corrected chi connectivity index (χ0v) is 11.9. The fourth-order valence-electron chi connectivity index (χ4n) is 1.88. The first-order valence-corrected chi connectivity index (χ1v) is 7.13. The van der Waals surface area contributed by atoms with Gasteiger partial charge in [-0.25, -0.2) is 0 Å². The van der Waals surface area contributed by atoms with Gasteiger partial charge in [-0.1, -0.05) is 13.0 Å². The van der Waals surface area contributed by atoms with Crippen molar-refractivity contribution in [1.29, 1.82) is 0 Å². The van der Waals surface area contributed by atoms with Crippen molar-refractivity contribution in [1.82, 2.24) is 0 Å². The van der Waals surface area contributed by atoms with Crippen molar-refractivity contribution in [3.05, 3.63) is 45.6 Å². The van der Waals surface area contributed by atoms with Gasteiger partial charge in [0.05, 0.1) is 17.0 Å². The summed E-state index contributed by atoms with van der Waals surface area (Å²) in [5.74, 6) is 0.491. The average molecular weight is 275 g/mol. The number of thiophene rings is 1. The van der Waals surface area contributed by atoms with Gasteiger partial charge >= 0.3 is 0 Å². The Labute approximate surface area is 117 Å². The Kier molecular flexibility index (Phi) is 4.22. The van der Waals surface area contributed by atoms with Crippen LogP contribution in [0.5, 0.6) is 5.75 Å². The zero-order valence-electron chi connectivity index (χ0n) is 11.1. The van der Waals surface area contributed by atoms with Crippen LogP contribution in [0.1, 0.15) is 34.0 Å². The van der Waals surface area contributed by atoms with Crippen LogP contribution in [-0.4, -0.2) is 12.4 Å². The first-order chi connectivity index (χ1) is 9.17. The molecule has 0 amide bonds. The Morgan fingerprint density at radius 2 is 2.05 bits per heavy atom. The third-order valence-electron chi connectivity index (χ3n) is 2.82. The highest BCUT2D eigenvalue weighted by molar-refractivity contribution is 7.14. The highest BCUT2D eigenvalue weighted by atomic mass is 32.1. The molecule has 3 nitrogen and oxygen atoms in total. The summed E-state index contributed by atoms with van der Waals surface area (Å²) in [6, 6.07) is 9.14. The van der Waals surface area contributed by atoms with Crippen LogP contribution in [0, 0.1) is 0 Å². The van der Waals surface area contributed by atoms with Gasteiger partial charge in [0, 0.05) is 10.6 Å². The standard InChI is InChI=1S/C15H17NO2S/c1-3-10-8-9-13(19-10)15(17)14-11(16)6-5-7-12(14)18-4-2/h5-9H,3-4,16H2,1-2H3. The first-order valence-electron chi connectivity index (χ1n) is 6.32. The van der Waals surface area contributed by atoms with E-state index < -0.39 is 0 Å². The molecule has 0 aliphatic rings. The van der Waals surface area contributed by atoms with E-state index in [9.17, 15) is 4.79 Å². The summed E-state index contributed by atoms with van der Waals surface area (Å²) in [7, 11) is 0. The highest BCUT2D eigenvalue weighted by Crippen LogP contribution is 2.29. The molecular weight excluding hydrogens is 258 g/mol. The van der Waals surface area contributed by atoms with Crippen LogP contribution >= 0.6 is 11.3 Å². The number of rotatable bonds is 5. The predicted molar refractivity (Wildman–Crippen MR) is 79.2 cm³/mol. The number of nitrogens with two attached hydrogens (primary N) is 1. The number of benzene rings is 1. The molecule has 2 N–H and O–H groups in total. The Morgan fingerprint density at radius 3 is 2.68 bits per heavy atom. The molecule has 2 aromatic rings. The number of ketones is 1. The Morgan fingerprint density at radius 1 is 1.26 bits per heavy atom. The second kappa shape index (κ2) is 5.89. The Balaban J connectivity index is 2.42. The third-order valence-corrected chi connectivity index (χ3v) is 4.05. The van der Waals surface area contributed by atoms with Gasteiger partial charge in [-0.3, -0.25) is 4.79 Å². The number of ether oxygens (including phenoxy) is 1. The number of carbonyl (C=O) groups excluding carboxylic acids is 1. The number of nitrogen functional groups attached to an aromatic ring is 1. The molecule has 1 heterocycles. The highest BCUT2D eigenvalue weighted by Gasteiger charge is 2.19. The van der Waals surface area contributed by atoms with Crippen LogP contribution in [0.2, 0.25) is 0 Å². The molecule has 0 radical (unpaired) electrons. The van der Waals surface area contributed by atoms with Gasteiger partial charge < -0.3 is 10.5 Å². The van der Waals surface area contributed by atoms with Crippen molar-refractivity contribution in [2.75, 3.05) is 12.3 Å². The molecule has 0 aliphatic heterocycles. The van der Waals surface area contributed by atoms with E-state index in [1.54, 1.807) is 18.2 Å².